The van der Waals surface area contributed by atoms with Gasteiger partial charge in [0.1, 0.15) is 5.82 Å². The molecule has 1 saturated carbocycles. The molecule has 0 aromatic carbocycles. The molecule has 1 aromatic heterocycles. The lowest BCUT2D eigenvalue weighted by molar-refractivity contribution is 0.498. The van der Waals surface area contributed by atoms with E-state index in [0.29, 0.717) is 17.9 Å². The first-order valence-electron chi connectivity index (χ1n) is 4.78. The lowest BCUT2D eigenvalue weighted by Crippen LogP contribution is -2.24. The van der Waals surface area contributed by atoms with E-state index in [2.05, 4.69) is 11.9 Å². The first kappa shape index (κ1) is 7.30. The Morgan fingerprint density at radius 1 is 1.62 bits per heavy atom. The first-order chi connectivity index (χ1) is 6.18. The Bertz CT molecular complexity index is 435. The van der Waals surface area contributed by atoms with E-state index in [-0.39, 0.29) is 5.56 Å². The molecule has 0 bridgehead atoms. The van der Waals surface area contributed by atoms with Gasteiger partial charge in [-0.2, -0.15) is 0 Å². The van der Waals surface area contributed by atoms with E-state index in [0.717, 1.165) is 11.5 Å². The fraction of sp³-hybridized carbons (Fsp3) is 0.600. The Morgan fingerprint density at radius 3 is 3.15 bits per heavy atom. The summed E-state index contributed by atoms with van der Waals surface area (Å²) in [4.78, 5) is 16.1. The molecule has 68 valence electrons. The third-order valence-corrected chi connectivity index (χ3v) is 3.31. The lowest BCUT2D eigenvalue weighted by Gasteiger charge is -2.11. The maximum absolute atomic E-state index is 11.6. The fourth-order valence-electron chi connectivity index (χ4n) is 2.54. The van der Waals surface area contributed by atoms with E-state index in [1.54, 1.807) is 6.07 Å². The zero-order chi connectivity index (χ0) is 9.16. The second kappa shape index (κ2) is 2.03. The Morgan fingerprint density at radius 2 is 2.38 bits per heavy atom. The van der Waals surface area contributed by atoms with Crippen molar-refractivity contribution in [2.45, 2.75) is 32.2 Å². The van der Waals surface area contributed by atoms with Crippen LogP contribution in [0.3, 0.4) is 0 Å². The number of nitrogens with zero attached hydrogens (tertiary/aromatic N) is 2. The van der Waals surface area contributed by atoms with Crippen LogP contribution in [-0.2, 0) is 0 Å². The van der Waals surface area contributed by atoms with Gasteiger partial charge in [0.05, 0.1) is 0 Å². The van der Waals surface area contributed by atoms with Gasteiger partial charge in [0.15, 0.2) is 0 Å². The molecule has 2 heterocycles. The van der Waals surface area contributed by atoms with E-state index >= 15 is 0 Å². The van der Waals surface area contributed by atoms with Gasteiger partial charge in [-0.25, -0.2) is 4.98 Å². The third kappa shape index (κ3) is 0.794. The van der Waals surface area contributed by atoms with E-state index in [1.165, 1.54) is 6.42 Å². The average molecular weight is 176 g/mol. The predicted molar refractivity (Wildman–Crippen MR) is 48.8 cm³/mol. The van der Waals surface area contributed by atoms with Gasteiger partial charge < -0.3 is 0 Å². The molecule has 1 aliphatic heterocycles. The summed E-state index contributed by atoms with van der Waals surface area (Å²) in [6.07, 6.45) is 1.23. The normalized spacial score (nSPS) is 34.2. The predicted octanol–water partition coefficient (Wildman–Crippen LogP) is 1.23. The maximum atomic E-state index is 11.6. The summed E-state index contributed by atoms with van der Waals surface area (Å²) < 4.78 is 1.87. The SMILES string of the molecule is Cc1cc(=O)n2c(n1)C1CC1[C@@H]2C. The van der Waals surface area contributed by atoms with Crippen molar-refractivity contribution in [3.63, 3.8) is 0 Å². The van der Waals surface area contributed by atoms with Crippen molar-refractivity contribution < 1.29 is 0 Å². The van der Waals surface area contributed by atoms with Crippen LogP contribution in [0.25, 0.3) is 0 Å². The molecule has 1 aromatic rings. The minimum absolute atomic E-state index is 0.127. The van der Waals surface area contributed by atoms with Crippen LogP contribution in [0.2, 0.25) is 0 Å². The summed E-state index contributed by atoms with van der Waals surface area (Å²) in [5, 5.41) is 0. The number of fused-ring (bicyclic) bond motifs is 3. The molecule has 3 heteroatoms. The molecule has 3 rings (SSSR count). The summed E-state index contributed by atoms with van der Waals surface area (Å²) in [6.45, 7) is 4.02. The molecular formula is C10H12N2O. The molecule has 3 atom stereocenters. The minimum Gasteiger partial charge on any atom is -0.293 e. The zero-order valence-corrected chi connectivity index (χ0v) is 7.82. The number of hydrogen-bond donors (Lipinski definition) is 0. The van der Waals surface area contributed by atoms with Gasteiger partial charge >= 0.3 is 0 Å². The van der Waals surface area contributed by atoms with Crippen LogP contribution in [0.15, 0.2) is 10.9 Å². The van der Waals surface area contributed by atoms with Crippen LogP contribution in [0.4, 0.5) is 0 Å². The van der Waals surface area contributed by atoms with E-state index in [1.807, 2.05) is 11.5 Å². The van der Waals surface area contributed by atoms with E-state index in [9.17, 15) is 4.79 Å². The van der Waals surface area contributed by atoms with Gasteiger partial charge in [-0.05, 0) is 26.2 Å². The molecule has 0 spiro atoms. The highest BCUT2D eigenvalue weighted by molar-refractivity contribution is 5.22. The summed E-state index contributed by atoms with van der Waals surface area (Å²) in [6, 6.07) is 2.01. The highest BCUT2D eigenvalue weighted by Crippen LogP contribution is 2.57. The molecule has 0 N–H and O–H groups in total. The Labute approximate surface area is 76.4 Å². The molecule has 13 heavy (non-hydrogen) atoms. The van der Waals surface area contributed by atoms with Crippen molar-refractivity contribution in [1.29, 1.82) is 0 Å². The number of hydrogen-bond acceptors (Lipinski definition) is 2. The zero-order valence-electron chi connectivity index (χ0n) is 7.82. The Kier molecular flexibility index (Phi) is 1.14. The third-order valence-electron chi connectivity index (χ3n) is 3.31. The summed E-state index contributed by atoms with van der Waals surface area (Å²) in [7, 11) is 0. The molecule has 0 amide bonds. The van der Waals surface area contributed by atoms with Gasteiger partial charge in [-0.3, -0.25) is 9.36 Å². The van der Waals surface area contributed by atoms with Crippen LogP contribution in [0.5, 0.6) is 0 Å². The molecule has 0 saturated heterocycles. The molecule has 3 nitrogen and oxygen atoms in total. The summed E-state index contributed by atoms with van der Waals surface area (Å²) in [5.74, 6) is 2.31. The van der Waals surface area contributed by atoms with Crippen molar-refractivity contribution in [3.8, 4) is 0 Å². The number of aryl methyl sites for hydroxylation is 1. The number of rotatable bonds is 0. The molecule has 2 aliphatic rings. The summed E-state index contributed by atoms with van der Waals surface area (Å²) in [5.41, 5.74) is 0.984. The van der Waals surface area contributed by atoms with Crippen molar-refractivity contribution in [1.82, 2.24) is 9.55 Å². The Balaban J connectivity index is 2.31. The van der Waals surface area contributed by atoms with Crippen LogP contribution >= 0.6 is 0 Å². The van der Waals surface area contributed by atoms with Crippen molar-refractivity contribution in [2.75, 3.05) is 0 Å². The fourth-order valence-corrected chi connectivity index (χ4v) is 2.54. The monoisotopic (exact) mass is 176 g/mol. The highest BCUT2D eigenvalue weighted by Gasteiger charge is 2.51. The Hall–Kier alpha value is -1.12. The van der Waals surface area contributed by atoms with Crippen LogP contribution in [0.1, 0.15) is 36.8 Å². The largest absolute Gasteiger partial charge is 0.293 e. The summed E-state index contributed by atoms with van der Waals surface area (Å²) >= 11 is 0. The van der Waals surface area contributed by atoms with Gasteiger partial charge in [0.2, 0.25) is 0 Å². The van der Waals surface area contributed by atoms with E-state index < -0.39 is 0 Å². The topological polar surface area (TPSA) is 34.9 Å². The second-order valence-electron chi connectivity index (χ2n) is 4.21. The van der Waals surface area contributed by atoms with Gasteiger partial charge in [0.25, 0.3) is 5.56 Å². The molecular weight excluding hydrogens is 164 g/mol. The van der Waals surface area contributed by atoms with Crippen molar-refractivity contribution in [2.24, 2.45) is 5.92 Å². The van der Waals surface area contributed by atoms with Gasteiger partial charge in [-0.1, -0.05) is 0 Å². The molecule has 2 unspecified atom stereocenters. The maximum Gasteiger partial charge on any atom is 0.253 e. The molecule has 0 radical (unpaired) electrons. The average Bonchev–Trinajstić information content (AvgIpc) is 2.75. The van der Waals surface area contributed by atoms with Crippen LogP contribution < -0.4 is 5.56 Å². The quantitative estimate of drug-likeness (QED) is 0.596. The van der Waals surface area contributed by atoms with Crippen molar-refractivity contribution >= 4 is 0 Å². The van der Waals surface area contributed by atoms with E-state index in [4.69, 9.17) is 0 Å². The lowest BCUT2D eigenvalue weighted by atomic mass is 10.2. The molecule has 1 fully saturated rings. The second-order valence-corrected chi connectivity index (χ2v) is 4.21. The number of aromatic nitrogens is 2. The first-order valence-corrected chi connectivity index (χ1v) is 4.78. The van der Waals surface area contributed by atoms with Crippen molar-refractivity contribution in [3.05, 3.63) is 27.9 Å². The van der Waals surface area contributed by atoms with Crippen LogP contribution in [0, 0.1) is 12.8 Å². The minimum atomic E-state index is 0.127. The standard InChI is InChI=1S/C10H12N2O/c1-5-3-9(13)12-6(2)7-4-8(7)10(12)11-5/h3,6-8H,4H2,1-2H3/t6-,7?,8?/m0/s1. The van der Waals surface area contributed by atoms with Gasteiger partial charge in [0, 0.05) is 23.7 Å². The smallest absolute Gasteiger partial charge is 0.253 e. The van der Waals surface area contributed by atoms with Crippen LogP contribution in [-0.4, -0.2) is 9.55 Å². The highest BCUT2D eigenvalue weighted by atomic mass is 16.1. The van der Waals surface area contributed by atoms with Gasteiger partial charge in [-0.15, -0.1) is 0 Å². The molecule has 1 aliphatic carbocycles.